The normalized spacial score (nSPS) is 16.4. The van der Waals surface area contributed by atoms with Gasteiger partial charge in [-0.1, -0.05) is 30.3 Å². The topological polar surface area (TPSA) is 67.3 Å². The quantitative estimate of drug-likeness (QED) is 0.620. The number of nitrogens with one attached hydrogen (secondary N) is 1. The van der Waals surface area contributed by atoms with Crippen molar-refractivity contribution in [2.75, 3.05) is 31.1 Å². The number of anilines is 1. The van der Waals surface area contributed by atoms with Crippen molar-refractivity contribution in [3.05, 3.63) is 53.6 Å². The van der Waals surface area contributed by atoms with Gasteiger partial charge in [0.2, 0.25) is 0 Å². The van der Waals surface area contributed by atoms with Crippen molar-refractivity contribution in [2.24, 2.45) is 5.92 Å². The molecule has 1 aliphatic heterocycles. The van der Waals surface area contributed by atoms with Crippen LogP contribution in [-0.2, 0) is 4.74 Å². The molecule has 1 amide bonds. The summed E-state index contributed by atoms with van der Waals surface area (Å²) in [5.41, 5.74) is 4.37. The van der Waals surface area contributed by atoms with Gasteiger partial charge in [0.05, 0.1) is 12.1 Å². The highest BCUT2D eigenvalue weighted by Gasteiger charge is 2.24. The van der Waals surface area contributed by atoms with E-state index in [4.69, 9.17) is 14.7 Å². The maximum atomic E-state index is 11.7. The van der Waals surface area contributed by atoms with E-state index in [-0.39, 0.29) is 7.52 Å². The third-order valence-corrected chi connectivity index (χ3v) is 5.85. The zero-order chi connectivity index (χ0) is 21.8. The molecule has 0 radical (unpaired) electrons. The van der Waals surface area contributed by atoms with Gasteiger partial charge in [0.25, 0.3) is 0 Å². The summed E-state index contributed by atoms with van der Waals surface area (Å²) in [7, 11) is 0. The Balaban J connectivity index is 0.00000289. The van der Waals surface area contributed by atoms with Crippen LogP contribution in [0.5, 0.6) is 0 Å². The standard InChI is InChI=1S/C25H30N4O2.H2/c1-4-31-25(30)26-15-19-9-7-13-29(16-19)24-21-12-11-17(2)14-22(21)27-23(28-24)20-10-6-5-8-18(20)3;/h5-6,8,10-12,14,19H,4,7,9,13,15-16H2,1-3H3,(H,26,30);1H/t19-;/m0./s1. The average Bonchev–Trinajstić information content (AvgIpc) is 2.77. The molecule has 0 unspecified atom stereocenters. The third-order valence-electron chi connectivity index (χ3n) is 5.85. The van der Waals surface area contributed by atoms with Gasteiger partial charge in [0.15, 0.2) is 5.82 Å². The van der Waals surface area contributed by atoms with E-state index in [1.54, 1.807) is 0 Å². The Kier molecular flexibility index (Phi) is 6.35. The Morgan fingerprint density at radius 3 is 2.87 bits per heavy atom. The number of hydrogen-bond donors (Lipinski definition) is 1. The number of carbonyl (C=O) groups excluding carboxylic acids is 1. The monoisotopic (exact) mass is 420 g/mol. The second-order valence-corrected chi connectivity index (χ2v) is 8.26. The molecule has 164 valence electrons. The molecule has 1 N–H and O–H groups in total. The summed E-state index contributed by atoms with van der Waals surface area (Å²) in [6, 6.07) is 14.6. The minimum Gasteiger partial charge on any atom is -0.450 e. The van der Waals surface area contributed by atoms with Crippen LogP contribution in [0, 0.1) is 19.8 Å². The van der Waals surface area contributed by atoms with Crippen molar-refractivity contribution < 1.29 is 11.0 Å². The van der Waals surface area contributed by atoms with E-state index in [1.807, 2.05) is 19.1 Å². The van der Waals surface area contributed by atoms with Gasteiger partial charge in [-0.25, -0.2) is 14.8 Å². The number of rotatable bonds is 5. The van der Waals surface area contributed by atoms with Crippen molar-refractivity contribution in [1.82, 2.24) is 15.3 Å². The minimum absolute atomic E-state index is 0. The van der Waals surface area contributed by atoms with Crippen molar-refractivity contribution >= 4 is 22.8 Å². The van der Waals surface area contributed by atoms with E-state index < -0.39 is 0 Å². The number of aryl methyl sites for hydroxylation is 2. The number of piperidine rings is 1. The number of nitrogens with zero attached hydrogens (tertiary/aromatic N) is 3. The molecule has 6 nitrogen and oxygen atoms in total. The first-order chi connectivity index (χ1) is 15.0. The van der Waals surface area contributed by atoms with Crippen LogP contribution in [0.15, 0.2) is 42.5 Å². The fourth-order valence-corrected chi connectivity index (χ4v) is 4.24. The highest BCUT2D eigenvalue weighted by molar-refractivity contribution is 5.91. The van der Waals surface area contributed by atoms with Gasteiger partial charge in [-0.3, -0.25) is 0 Å². The van der Waals surface area contributed by atoms with Crippen LogP contribution in [0.4, 0.5) is 10.6 Å². The number of aromatic nitrogens is 2. The Bertz CT molecular complexity index is 1090. The lowest BCUT2D eigenvalue weighted by molar-refractivity contribution is 0.150. The van der Waals surface area contributed by atoms with E-state index in [9.17, 15) is 4.79 Å². The number of hydrogen-bond acceptors (Lipinski definition) is 5. The van der Waals surface area contributed by atoms with Gasteiger partial charge in [-0.15, -0.1) is 0 Å². The largest absolute Gasteiger partial charge is 0.450 e. The first-order valence-corrected chi connectivity index (χ1v) is 11.0. The summed E-state index contributed by atoms with van der Waals surface area (Å²) in [5, 5.41) is 3.97. The zero-order valence-electron chi connectivity index (χ0n) is 18.5. The Morgan fingerprint density at radius 1 is 1.23 bits per heavy atom. The molecular formula is C25H32N4O2. The molecule has 1 aliphatic rings. The molecule has 0 spiro atoms. The molecule has 31 heavy (non-hydrogen) atoms. The molecular weight excluding hydrogens is 388 g/mol. The van der Waals surface area contributed by atoms with Gasteiger partial charge in [-0.2, -0.15) is 0 Å². The van der Waals surface area contributed by atoms with Crippen molar-refractivity contribution in [3.63, 3.8) is 0 Å². The van der Waals surface area contributed by atoms with E-state index in [0.29, 0.717) is 19.1 Å². The van der Waals surface area contributed by atoms with Crippen molar-refractivity contribution in [3.8, 4) is 11.4 Å². The predicted octanol–water partition coefficient (Wildman–Crippen LogP) is 5.12. The molecule has 1 aromatic heterocycles. The van der Waals surface area contributed by atoms with E-state index in [0.717, 1.165) is 59.6 Å². The summed E-state index contributed by atoms with van der Waals surface area (Å²) in [6.45, 7) is 8.79. The molecule has 0 saturated carbocycles. The first-order valence-electron chi connectivity index (χ1n) is 11.0. The van der Waals surface area contributed by atoms with Crippen LogP contribution >= 0.6 is 0 Å². The van der Waals surface area contributed by atoms with Crippen LogP contribution < -0.4 is 10.2 Å². The molecule has 4 rings (SSSR count). The van der Waals surface area contributed by atoms with Crippen LogP contribution in [0.1, 0.15) is 32.3 Å². The summed E-state index contributed by atoms with van der Waals surface area (Å²) < 4.78 is 5.00. The van der Waals surface area contributed by atoms with Gasteiger partial charge >= 0.3 is 6.09 Å². The molecule has 6 heteroatoms. The van der Waals surface area contributed by atoms with Gasteiger partial charge in [0.1, 0.15) is 5.82 Å². The van der Waals surface area contributed by atoms with Crippen LogP contribution in [0.3, 0.4) is 0 Å². The molecule has 1 fully saturated rings. The summed E-state index contributed by atoms with van der Waals surface area (Å²) >= 11 is 0. The second kappa shape index (κ2) is 9.33. The maximum Gasteiger partial charge on any atom is 0.407 e. The fourth-order valence-electron chi connectivity index (χ4n) is 4.24. The number of ether oxygens (including phenoxy) is 1. The highest BCUT2D eigenvalue weighted by atomic mass is 16.5. The number of fused-ring (bicyclic) bond motifs is 1. The molecule has 2 aromatic carbocycles. The second-order valence-electron chi connectivity index (χ2n) is 8.26. The smallest absolute Gasteiger partial charge is 0.407 e. The van der Waals surface area contributed by atoms with E-state index >= 15 is 0 Å². The molecule has 0 aliphatic carbocycles. The van der Waals surface area contributed by atoms with E-state index in [2.05, 4.69) is 54.4 Å². The van der Waals surface area contributed by atoms with Crippen molar-refractivity contribution in [1.29, 1.82) is 0 Å². The predicted molar refractivity (Wildman–Crippen MR) is 127 cm³/mol. The van der Waals surface area contributed by atoms with Crippen LogP contribution in [0.2, 0.25) is 0 Å². The third kappa shape index (κ3) is 4.79. The maximum absolute atomic E-state index is 11.7. The molecule has 0 bridgehead atoms. The molecule has 2 heterocycles. The lowest BCUT2D eigenvalue weighted by Gasteiger charge is -2.34. The summed E-state index contributed by atoms with van der Waals surface area (Å²) in [4.78, 5) is 24.0. The average molecular weight is 421 g/mol. The SMILES string of the molecule is CCOC(=O)NC[C@@H]1CCCN(c2nc(-c3ccccc3C)nc3cc(C)ccc23)C1.[HH]. The van der Waals surface area contributed by atoms with Crippen molar-refractivity contribution in [2.45, 2.75) is 33.6 Å². The van der Waals surface area contributed by atoms with Gasteiger partial charge in [0, 0.05) is 32.0 Å². The zero-order valence-corrected chi connectivity index (χ0v) is 18.5. The molecule has 3 aromatic rings. The molecule has 1 atom stereocenters. The number of carbonyl (C=O) groups is 1. The Hall–Kier alpha value is -3.15. The van der Waals surface area contributed by atoms with Crippen LogP contribution in [0.25, 0.3) is 22.3 Å². The van der Waals surface area contributed by atoms with E-state index in [1.165, 1.54) is 5.56 Å². The first kappa shape index (κ1) is 21.1. The number of amides is 1. The Labute approximate surface area is 185 Å². The van der Waals surface area contributed by atoms with Gasteiger partial charge < -0.3 is 15.0 Å². The van der Waals surface area contributed by atoms with Gasteiger partial charge in [-0.05, 0) is 62.8 Å². The minimum atomic E-state index is -0.343. The molecule has 1 saturated heterocycles. The number of alkyl carbamates (subject to hydrolysis) is 1. The fraction of sp³-hybridized carbons (Fsp3) is 0.400. The summed E-state index contributed by atoms with van der Waals surface area (Å²) in [5.74, 6) is 2.09. The summed E-state index contributed by atoms with van der Waals surface area (Å²) in [6.07, 6.45) is 1.80. The van der Waals surface area contributed by atoms with Crippen LogP contribution in [-0.4, -0.2) is 42.3 Å². The Morgan fingerprint density at radius 2 is 2.06 bits per heavy atom. The number of benzene rings is 2. The highest BCUT2D eigenvalue weighted by Crippen LogP contribution is 2.31. The lowest BCUT2D eigenvalue weighted by Crippen LogP contribution is -2.41. The lowest BCUT2D eigenvalue weighted by atomic mass is 9.97.